The molecule has 0 spiro atoms. The molecule has 76 valence electrons. The van der Waals surface area contributed by atoms with Gasteiger partial charge in [-0.25, -0.2) is 8.78 Å². The van der Waals surface area contributed by atoms with E-state index in [4.69, 9.17) is 10.5 Å². The van der Waals surface area contributed by atoms with Crippen LogP contribution in [0.1, 0.15) is 25.7 Å². The van der Waals surface area contributed by atoms with Crippen molar-refractivity contribution in [3.63, 3.8) is 0 Å². The van der Waals surface area contributed by atoms with Crippen molar-refractivity contribution in [1.29, 1.82) is 0 Å². The van der Waals surface area contributed by atoms with E-state index in [-0.39, 0.29) is 25.2 Å². The predicted molar refractivity (Wildman–Crippen MR) is 44.6 cm³/mol. The van der Waals surface area contributed by atoms with E-state index in [1.165, 1.54) is 0 Å². The van der Waals surface area contributed by atoms with Gasteiger partial charge in [-0.1, -0.05) is 0 Å². The van der Waals surface area contributed by atoms with Crippen LogP contribution in [-0.4, -0.2) is 24.7 Å². The summed E-state index contributed by atoms with van der Waals surface area (Å²) < 4.78 is 32.3. The summed E-state index contributed by atoms with van der Waals surface area (Å²) in [5.74, 6) is -3.19. The lowest BCUT2D eigenvalue weighted by Gasteiger charge is -2.27. The monoisotopic (exact) mass is 191 g/mol. The number of hydrogen-bond acceptors (Lipinski definition) is 2. The second-order valence-electron chi connectivity index (χ2n) is 4.02. The average Bonchev–Trinajstić information content (AvgIpc) is 2.63. The molecule has 0 amide bonds. The maximum absolute atomic E-state index is 13.4. The Morgan fingerprint density at radius 2 is 2.15 bits per heavy atom. The Hall–Kier alpha value is -0.220. The van der Waals surface area contributed by atoms with E-state index in [1.807, 2.05) is 0 Å². The Morgan fingerprint density at radius 1 is 1.38 bits per heavy atom. The largest absolute Gasteiger partial charge is 0.374 e. The molecule has 13 heavy (non-hydrogen) atoms. The Kier molecular flexibility index (Phi) is 2.28. The minimum atomic E-state index is -2.62. The number of rotatable bonds is 3. The molecule has 2 bridgehead atoms. The zero-order valence-corrected chi connectivity index (χ0v) is 7.51. The zero-order valence-electron chi connectivity index (χ0n) is 7.51. The van der Waals surface area contributed by atoms with Crippen molar-refractivity contribution >= 4 is 0 Å². The third-order valence-electron chi connectivity index (χ3n) is 3.13. The lowest BCUT2D eigenvalue weighted by Crippen LogP contribution is -2.37. The van der Waals surface area contributed by atoms with Gasteiger partial charge in [0.1, 0.15) is 0 Å². The summed E-state index contributed by atoms with van der Waals surface area (Å²) >= 11 is 0. The molecular formula is C9H15F2NO. The summed E-state index contributed by atoms with van der Waals surface area (Å²) in [6.07, 6.45) is 1.97. The highest BCUT2D eigenvalue weighted by molar-refractivity contribution is 4.96. The maximum Gasteiger partial charge on any atom is 0.254 e. The van der Waals surface area contributed by atoms with Crippen LogP contribution >= 0.6 is 0 Å². The first-order valence-electron chi connectivity index (χ1n) is 4.87. The normalized spacial score (nSPS) is 38.5. The molecule has 3 unspecified atom stereocenters. The van der Waals surface area contributed by atoms with E-state index in [2.05, 4.69) is 0 Å². The number of ether oxygens (including phenoxy) is 1. The van der Waals surface area contributed by atoms with Crippen molar-refractivity contribution in [3.8, 4) is 0 Å². The Bertz CT molecular complexity index is 198. The first-order chi connectivity index (χ1) is 6.13. The van der Waals surface area contributed by atoms with Crippen molar-refractivity contribution in [2.24, 2.45) is 11.7 Å². The van der Waals surface area contributed by atoms with E-state index in [0.29, 0.717) is 6.42 Å². The van der Waals surface area contributed by atoms with E-state index >= 15 is 0 Å². The highest BCUT2D eigenvalue weighted by atomic mass is 19.3. The van der Waals surface area contributed by atoms with Gasteiger partial charge < -0.3 is 10.5 Å². The average molecular weight is 191 g/mol. The fourth-order valence-corrected chi connectivity index (χ4v) is 2.46. The van der Waals surface area contributed by atoms with Gasteiger partial charge in [-0.2, -0.15) is 0 Å². The first kappa shape index (κ1) is 9.34. The molecule has 2 heterocycles. The molecule has 2 aliphatic rings. The zero-order chi connectivity index (χ0) is 9.47. The second-order valence-corrected chi connectivity index (χ2v) is 4.02. The second kappa shape index (κ2) is 3.17. The quantitative estimate of drug-likeness (QED) is 0.734. The summed E-state index contributed by atoms with van der Waals surface area (Å²) in [6, 6.07) is 0. The van der Waals surface area contributed by atoms with Gasteiger partial charge in [0, 0.05) is 6.42 Å². The van der Waals surface area contributed by atoms with Gasteiger partial charge in [0.05, 0.1) is 18.1 Å². The van der Waals surface area contributed by atoms with Gasteiger partial charge >= 0.3 is 0 Å². The van der Waals surface area contributed by atoms with Crippen LogP contribution in [0.5, 0.6) is 0 Å². The van der Waals surface area contributed by atoms with Crippen LogP contribution < -0.4 is 5.73 Å². The van der Waals surface area contributed by atoms with Gasteiger partial charge in [0.2, 0.25) is 0 Å². The molecule has 4 heteroatoms. The van der Waals surface area contributed by atoms with Gasteiger partial charge in [0.15, 0.2) is 0 Å². The molecule has 0 aromatic heterocycles. The Balaban J connectivity index is 2.01. The van der Waals surface area contributed by atoms with Crippen LogP contribution in [0.4, 0.5) is 8.78 Å². The summed E-state index contributed by atoms with van der Waals surface area (Å²) in [4.78, 5) is 0. The van der Waals surface area contributed by atoms with Crippen LogP contribution in [0.15, 0.2) is 0 Å². The van der Waals surface area contributed by atoms with Crippen molar-refractivity contribution < 1.29 is 13.5 Å². The molecule has 0 aromatic carbocycles. The molecule has 0 aliphatic carbocycles. The molecule has 2 fully saturated rings. The third-order valence-corrected chi connectivity index (χ3v) is 3.13. The molecule has 0 saturated carbocycles. The Labute approximate surface area is 76.4 Å². The molecule has 2 N–H and O–H groups in total. The summed E-state index contributed by atoms with van der Waals surface area (Å²) in [7, 11) is 0. The van der Waals surface area contributed by atoms with Crippen LogP contribution in [0.25, 0.3) is 0 Å². The minimum absolute atomic E-state index is 0.0564. The number of alkyl halides is 2. The van der Waals surface area contributed by atoms with Crippen LogP contribution in [0.2, 0.25) is 0 Å². The topological polar surface area (TPSA) is 35.2 Å². The maximum atomic E-state index is 13.4. The summed E-state index contributed by atoms with van der Waals surface area (Å²) in [5.41, 5.74) is 5.16. The fraction of sp³-hybridized carbons (Fsp3) is 1.00. The van der Waals surface area contributed by atoms with Crippen molar-refractivity contribution in [2.75, 3.05) is 6.54 Å². The number of halogens is 2. The molecule has 3 atom stereocenters. The van der Waals surface area contributed by atoms with E-state index in [9.17, 15) is 8.78 Å². The van der Waals surface area contributed by atoms with Crippen LogP contribution in [-0.2, 0) is 4.74 Å². The molecular weight excluding hydrogens is 176 g/mol. The van der Waals surface area contributed by atoms with Gasteiger partial charge in [-0.05, 0) is 25.8 Å². The first-order valence-corrected chi connectivity index (χ1v) is 4.87. The third kappa shape index (κ3) is 1.57. The van der Waals surface area contributed by atoms with Crippen molar-refractivity contribution in [3.05, 3.63) is 0 Å². The summed E-state index contributed by atoms with van der Waals surface area (Å²) in [6.45, 7) is 0.0564. The number of nitrogens with two attached hydrogens (primary N) is 1. The standard InChI is InChI=1S/C9H15F2NO/c10-9(11,3-4-12)7-5-6-1-2-8(7)13-6/h6-8H,1-5,12H2. The van der Waals surface area contributed by atoms with Gasteiger partial charge in [-0.15, -0.1) is 0 Å². The molecule has 2 saturated heterocycles. The van der Waals surface area contributed by atoms with Gasteiger partial charge in [-0.3, -0.25) is 0 Å². The predicted octanol–water partition coefficient (Wildman–Crippen LogP) is 1.54. The van der Waals surface area contributed by atoms with Crippen molar-refractivity contribution in [1.82, 2.24) is 0 Å². The number of fused-ring (bicyclic) bond motifs is 2. The molecule has 0 aromatic rings. The van der Waals surface area contributed by atoms with E-state index in [1.54, 1.807) is 0 Å². The Morgan fingerprint density at radius 3 is 2.62 bits per heavy atom. The molecule has 2 aliphatic heterocycles. The SMILES string of the molecule is NCCC(F)(F)C1CC2CCC1O2. The highest BCUT2D eigenvalue weighted by Gasteiger charge is 2.52. The van der Waals surface area contributed by atoms with E-state index < -0.39 is 11.8 Å². The van der Waals surface area contributed by atoms with E-state index in [0.717, 1.165) is 12.8 Å². The molecule has 0 radical (unpaired) electrons. The lowest BCUT2D eigenvalue weighted by atomic mass is 9.83. The highest BCUT2D eigenvalue weighted by Crippen LogP contribution is 2.47. The van der Waals surface area contributed by atoms with Crippen molar-refractivity contribution in [2.45, 2.75) is 43.8 Å². The van der Waals surface area contributed by atoms with Gasteiger partial charge in [0.25, 0.3) is 5.92 Å². The number of hydrogen-bond donors (Lipinski definition) is 1. The summed E-state index contributed by atoms with van der Waals surface area (Å²) in [5, 5.41) is 0. The lowest BCUT2D eigenvalue weighted by molar-refractivity contribution is -0.0844. The fourth-order valence-electron chi connectivity index (χ4n) is 2.46. The van der Waals surface area contributed by atoms with Crippen LogP contribution in [0.3, 0.4) is 0 Å². The minimum Gasteiger partial charge on any atom is -0.374 e. The molecule has 2 nitrogen and oxygen atoms in total. The van der Waals surface area contributed by atoms with Crippen LogP contribution in [0, 0.1) is 5.92 Å². The molecule has 2 rings (SSSR count). The smallest absolute Gasteiger partial charge is 0.254 e.